The highest BCUT2D eigenvalue weighted by atomic mass is 16.5. The van der Waals surface area contributed by atoms with Crippen LogP contribution in [0, 0.1) is 0 Å². The highest BCUT2D eigenvalue weighted by Gasteiger charge is 2.05. The number of hydrogen-bond acceptors (Lipinski definition) is 2. The zero-order chi connectivity index (χ0) is 14.7. The van der Waals surface area contributed by atoms with Gasteiger partial charge in [0, 0.05) is 6.42 Å². The highest BCUT2D eigenvalue weighted by molar-refractivity contribution is 5.96. The molecule has 0 N–H and O–H groups in total. The first kappa shape index (κ1) is 13.4. The first-order chi connectivity index (χ1) is 10.3. The molecule has 0 fully saturated rings. The van der Waals surface area contributed by atoms with Gasteiger partial charge in [-0.3, -0.25) is 4.79 Å². The molecular formula is C19H16O2. The second-order valence-corrected chi connectivity index (χ2v) is 4.88. The smallest absolute Gasteiger partial charge is 0.310 e. The Hall–Kier alpha value is -2.61. The molecule has 2 heteroatoms. The Morgan fingerprint density at radius 1 is 0.905 bits per heavy atom. The predicted molar refractivity (Wildman–Crippen MR) is 85.3 cm³/mol. The number of esters is 1. The summed E-state index contributed by atoms with van der Waals surface area (Å²) in [7, 11) is 0. The van der Waals surface area contributed by atoms with E-state index in [0.717, 1.165) is 5.56 Å². The zero-order valence-electron chi connectivity index (χ0n) is 11.9. The summed E-state index contributed by atoms with van der Waals surface area (Å²) in [5, 5.41) is 2.44. The molecule has 2 nitrogen and oxygen atoms in total. The van der Waals surface area contributed by atoms with Gasteiger partial charge in [-0.15, -0.1) is 0 Å². The molecule has 0 amide bonds. The summed E-state index contributed by atoms with van der Waals surface area (Å²) in [5.41, 5.74) is 2.30. The Labute approximate surface area is 124 Å². The lowest BCUT2D eigenvalue weighted by Gasteiger charge is -2.08. The summed E-state index contributed by atoms with van der Waals surface area (Å²) in [6.45, 7) is 1.78. The summed E-state index contributed by atoms with van der Waals surface area (Å²) < 4.78 is 5.20. The van der Waals surface area contributed by atoms with Crippen LogP contribution in [0.4, 0.5) is 0 Å². The van der Waals surface area contributed by atoms with Crippen molar-refractivity contribution in [2.45, 2.75) is 13.3 Å². The molecule has 0 atom stereocenters. The summed E-state index contributed by atoms with van der Waals surface area (Å²) in [6.07, 6.45) is 0.380. The van der Waals surface area contributed by atoms with E-state index in [9.17, 15) is 4.79 Å². The Morgan fingerprint density at radius 3 is 2.38 bits per heavy atom. The Morgan fingerprint density at radius 2 is 1.62 bits per heavy atom. The van der Waals surface area contributed by atoms with Gasteiger partial charge < -0.3 is 4.74 Å². The van der Waals surface area contributed by atoms with Crippen molar-refractivity contribution in [1.29, 1.82) is 0 Å². The van der Waals surface area contributed by atoms with Crippen LogP contribution in [0.1, 0.15) is 13.3 Å². The lowest BCUT2D eigenvalue weighted by atomic mass is 9.98. The van der Waals surface area contributed by atoms with Crippen molar-refractivity contribution in [3.63, 3.8) is 0 Å². The molecule has 0 saturated heterocycles. The molecule has 0 spiro atoms. The van der Waals surface area contributed by atoms with Crippen LogP contribution in [0.3, 0.4) is 0 Å². The lowest BCUT2D eigenvalue weighted by Crippen LogP contribution is -2.05. The largest absolute Gasteiger partial charge is 0.427 e. The number of hydrogen-bond donors (Lipinski definition) is 0. The average molecular weight is 276 g/mol. The number of ether oxygens (including phenoxy) is 1. The summed E-state index contributed by atoms with van der Waals surface area (Å²) in [4.78, 5) is 11.3. The normalized spacial score (nSPS) is 10.5. The maximum Gasteiger partial charge on any atom is 0.310 e. The molecular weight excluding hydrogens is 260 g/mol. The number of benzene rings is 3. The molecule has 3 aromatic rings. The van der Waals surface area contributed by atoms with Crippen molar-refractivity contribution in [2.75, 3.05) is 0 Å². The van der Waals surface area contributed by atoms with E-state index in [-0.39, 0.29) is 5.97 Å². The quantitative estimate of drug-likeness (QED) is 0.506. The van der Waals surface area contributed by atoms with E-state index in [2.05, 4.69) is 30.3 Å². The van der Waals surface area contributed by atoms with E-state index in [1.54, 1.807) is 6.92 Å². The fourth-order valence-electron chi connectivity index (χ4n) is 2.38. The molecule has 104 valence electrons. The van der Waals surface area contributed by atoms with Gasteiger partial charge >= 0.3 is 5.97 Å². The van der Waals surface area contributed by atoms with E-state index in [1.807, 2.05) is 36.4 Å². The van der Waals surface area contributed by atoms with Crippen LogP contribution < -0.4 is 4.74 Å². The Kier molecular flexibility index (Phi) is 3.69. The zero-order valence-corrected chi connectivity index (χ0v) is 11.9. The third-order valence-electron chi connectivity index (χ3n) is 3.48. The van der Waals surface area contributed by atoms with Crippen molar-refractivity contribution in [2.24, 2.45) is 0 Å². The van der Waals surface area contributed by atoms with E-state index < -0.39 is 0 Å². The van der Waals surface area contributed by atoms with Crippen molar-refractivity contribution >= 4 is 16.7 Å². The molecule has 3 aromatic carbocycles. The standard InChI is InChI=1S/C19H16O2/c1-2-19(20)21-16-12-10-15(11-13-16)18-9-5-7-14-6-3-4-8-17(14)18/h3-13H,2H2,1H3. The van der Waals surface area contributed by atoms with E-state index >= 15 is 0 Å². The van der Waals surface area contributed by atoms with Gasteiger partial charge in [0.25, 0.3) is 0 Å². The predicted octanol–water partition coefficient (Wildman–Crippen LogP) is 4.82. The van der Waals surface area contributed by atoms with E-state index in [4.69, 9.17) is 4.74 Å². The molecule has 0 bridgehead atoms. The van der Waals surface area contributed by atoms with Gasteiger partial charge in [0.05, 0.1) is 0 Å². The van der Waals surface area contributed by atoms with Gasteiger partial charge in [-0.2, -0.15) is 0 Å². The minimum atomic E-state index is -0.215. The molecule has 0 aliphatic rings. The molecule has 21 heavy (non-hydrogen) atoms. The monoisotopic (exact) mass is 276 g/mol. The van der Waals surface area contributed by atoms with Gasteiger partial charge in [0.2, 0.25) is 0 Å². The SMILES string of the molecule is CCC(=O)Oc1ccc(-c2cccc3ccccc23)cc1. The Bertz CT molecular complexity index is 768. The van der Waals surface area contributed by atoms with Gasteiger partial charge in [-0.1, -0.05) is 61.5 Å². The second-order valence-electron chi connectivity index (χ2n) is 4.88. The van der Waals surface area contributed by atoms with Crippen molar-refractivity contribution < 1.29 is 9.53 Å². The minimum absolute atomic E-state index is 0.215. The van der Waals surface area contributed by atoms with Crippen molar-refractivity contribution in [3.8, 4) is 16.9 Å². The third-order valence-corrected chi connectivity index (χ3v) is 3.48. The van der Waals surface area contributed by atoms with E-state index in [1.165, 1.54) is 16.3 Å². The van der Waals surface area contributed by atoms with Crippen LogP contribution in [0.15, 0.2) is 66.7 Å². The first-order valence-electron chi connectivity index (χ1n) is 7.07. The number of rotatable bonds is 3. The fourth-order valence-corrected chi connectivity index (χ4v) is 2.38. The van der Waals surface area contributed by atoms with Crippen molar-refractivity contribution in [3.05, 3.63) is 66.7 Å². The molecule has 0 aromatic heterocycles. The van der Waals surface area contributed by atoms with Gasteiger partial charge in [0.15, 0.2) is 0 Å². The molecule has 3 rings (SSSR count). The fraction of sp³-hybridized carbons (Fsp3) is 0.105. The minimum Gasteiger partial charge on any atom is -0.427 e. The highest BCUT2D eigenvalue weighted by Crippen LogP contribution is 2.29. The average Bonchev–Trinajstić information content (AvgIpc) is 2.55. The first-order valence-corrected chi connectivity index (χ1v) is 7.07. The molecule has 0 saturated carbocycles. The molecule has 0 unspecified atom stereocenters. The summed E-state index contributed by atoms with van der Waals surface area (Å²) in [5.74, 6) is 0.374. The van der Waals surface area contributed by atoms with E-state index in [0.29, 0.717) is 12.2 Å². The maximum atomic E-state index is 11.3. The Balaban J connectivity index is 1.98. The van der Waals surface area contributed by atoms with Crippen LogP contribution in [-0.2, 0) is 4.79 Å². The number of carbonyl (C=O) groups excluding carboxylic acids is 1. The van der Waals surface area contributed by atoms with Crippen LogP contribution in [-0.4, -0.2) is 5.97 Å². The third kappa shape index (κ3) is 2.79. The summed E-state index contributed by atoms with van der Waals surface area (Å²) in [6, 6.07) is 22.2. The van der Waals surface area contributed by atoms with Gasteiger partial charge in [-0.25, -0.2) is 0 Å². The molecule has 0 aliphatic heterocycles. The topological polar surface area (TPSA) is 26.3 Å². The second kappa shape index (κ2) is 5.80. The maximum absolute atomic E-state index is 11.3. The molecule has 0 radical (unpaired) electrons. The van der Waals surface area contributed by atoms with Gasteiger partial charge in [0.1, 0.15) is 5.75 Å². The van der Waals surface area contributed by atoms with Gasteiger partial charge in [-0.05, 0) is 34.0 Å². The van der Waals surface area contributed by atoms with Crippen LogP contribution >= 0.6 is 0 Å². The van der Waals surface area contributed by atoms with Crippen LogP contribution in [0.25, 0.3) is 21.9 Å². The number of carbonyl (C=O) groups is 1. The lowest BCUT2D eigenvalue weighted by molar-refractivity contribution is -0.134. The van der Waals surface area contributed by atoms with Crippen LogP contribution in [0.2, 0.25) is 0 Å². The van der Waals surface area contributed by atoms with Crippen LogP contribution in [0.5, 0.6) is 5.75 Å². The number of fused-ring (bicyclic) bond motifs is 1. The summed E-state index contributed by atoms with van der Waals surface area (Å²) >= 11 is 0. The van der Waals surface area contributed by atoms with Crippen molar-refractivity contribution in [1.82, 2.24) is 0 Å². The molecule has 0 aliphatic carbocycles. The molecule has 0 heterocycles.